The fourth-order valence-electron chi connectivity index (χ4n) is 3.95. The number of carbonyl (C=O) groups is 2. The number of fused-ring (bicyclic) bond motifs is 2. The van der Waals surface area contributed by atoms with E-state index in [9.17, 15) is 9.59 Å². The van der Waals surface area contributed by atoms with Crippen molar-refractivity contribution in [3.8, 4) is 0 Å². The first-order valence-corrected chi connectivity index (χ1v) is 6.48. The van der Waals surface area contributed by atoms with Crippen LogP contribution in [-0.2, 0) is 14.3 Å². The van der Waals surface area contributed by atoms with Gasteiger partial charge >= 0.3 is 5.97 Å². The van der Waals surface area contributed by atoms with Crippen LogP contribution in [0.1, 0.15) is 34.1 Å². The Hall–Kier alpha value is -0.900. The van der Waals surface area contributed by atoms with Gasteiger partial charge in [-0.05, 0) is 17.9 Å². The summed E-state index contributed by atoms with van der Waals surface area (Å²) in [6.45, 7) is 8.70. The monoisotopic (exact) mass is 253 g/mol. The van der Waals surface area contributed by atoms with Crippen LogP contribution in [0, 0.1) is 16.7 Å². The van der Waals surface area contributed by atoms with E-state index in [2.05, 4.69) is 32.6 Å². The molecule has 0 aromatic heterocycles. The zero-order valence-corrected chi connectivity index (χ0v) is 12.1. The Morgan fingerprint density at radius 2 is 1.83 bits per heavy atom. The SMILES string of the molecule is COC(=O)[C@@H]1C(=O)C[C@H]2N(C)[C@@H]1C(C)(C)C2(C)C. The Morgan fingerprint density at radius 1 is 1.28 bits per heavy atom. The number of Topliss-reactive ketones (excluding diaryl/α,β-unsaturated/α-hetero) is 1. The van der Waals surface area contributed by atoms with Crippen LogP contribution in [-0.4, -0.2) is 42.9 Å². The van der Waals surface area contributed by atoms with Gasteiger partial charge < -0.3 is 4.74 Å². The van der Waals surface area contributed by atoms with Crippen molar-refractivity contribution in [3.05, 3.63) is 0 Å². The average molecular weight is 253 g/mol. The maximum Gasteiger partial charge on any atom is 0.317 e. The van der Waals surface area contributed by atoms with E-state index in [4.69, 9.17) is 4.74 Å². The van der Waals surface area contributed by atoms with Gasteiger partial charge in [-0.15, -0.1) is 0 Å². The Morgan fingerprint density at radius 3 is 2.33 bits per heavy atom. The molecule has 2 fully saturated rings. The Labute approximate surface area is 109 Å². The summed E-state index contributed by atoms with van der Waals surface area (Å²) in [4.78, 5) is 26.4. The molecular formula is C14H23NO3. The van der Waals surface area contributed by atoms with Crippen LogP contribution >= 0.6 is 0 Å². The lowest BCUT2D eigenvalue weighted by Crippen LogP contribution is -2.53. The highest BCUT2D eigenvalue weighted by molar-refractivity contribution is 6.01. The second kappa shape index (κ2) is 3.80. The van der Waals surface area contributed by atoms with Gasteiger partial charge in [0, 0.05) is 18.5 Å². The number of carbonyl (C=O) groups excluding carboxylic acids is 2. The van der Waals surface area contributed by atoms with E-state index in [0.717, 1.165) is 0 Å². The molecule has 0 amide bonds. The first kappa shape index (κ1) is 13.5. The number of rotatable bonds is 1. The summed E-state index contributed by atoms with van der Waals surface area (Å²) in [6.07, 6.45) is 0.448. The molecule has 2 aliphatic heterocycles. The zero-order chi connectivity index (χ0) is 13.9. The summed E-state index contributed by atoms with van der Waals surface area (Å²) in [7, 11) is 3.38. The molecular weight excluding hydrogens is 230 g/mol. The minimum Gasteiger partial charge on any atom is -0.468 e. The highest BCUT2D eigenvalue weighted by Gasteiger charge is 2.65. The first-order chi connectivity index (χ1) is 8.16. The topological polar surface area (TPSA) is 46.6 Å². The average Bonchev–Trinajstić information content (AvgIpc) is 2.36. The molecule has 18 heavy (non-hydrogen) atoms. The van der Waals surface area contributed by atoms with Crippen molar-refractivity contribution in [1.29, 1.82) is 0 Å². The van der Waals surface area contributed by atoms with Gasteiger partial charge in [-0.25, -0.2) is 0 Å². The largest absolute Gasteiger partial charge is 0.468 e. The standard InChI is InChI=1S/C14H23NO3/c1-13(2)9-7-8(16)10(12(17)18-6)11(15(9)5)14(13,3)4/h9-11H,7H2,1-6H3/t9-,10-,11+/m1/s1. The maximum atomic E-state index is 12.2. The summed E-state index contributed by atoms with van der Waals surface area (Å²) in [5.41, 5.74) is -0.0950. The van der Waals surface area contributed by atoms with E-state index >= 15 is 0 Å². The lowest BCUT2D eigenvalue weighted by molar-refractivity contribution is -0.155. The second-order valence-electron chi connectivity index (χ2n) is 6.74. The van der Waals surface area contributed by atoms with Gasteiger partial charge in [-0.1, -0.05) is 27.7 Å². The van der Waals surface area contributed by atoms with Gasteiger partial charge in [0.2, 0.25) is 0 Å². The fourth-order valence-corrected chi connectivity index (χ4v) is 3.95. The maximum absolute atomic E-state index is 12.2. The van der Waals surface area contributed by atoms with Crippen LogP contribution in [0.5, 0.6) is 0 Å². The molecule has 4 nitrogen and oxygen atoms in total. The van der Waals surface area contributed by atoms with E-state index < -0.39 is 5.92 Å². The van der Waals surface area contributed by atoms with Crippen molar-refractivity contribution in [1.82, 2.24) is 4.90 Å². The predicted molar refractivity (Wildman–Crippen MR) is 68.0 cm³/mol. The molecule has 2 saturated heterocycles. The molecule has 4 heteroatoms. The predicted octanol–water partition coefficient (Wildman–Crippen LogP) is 1.48. The highest BCUT2D eigenvalue weighted by Crippen LogP contribution is 2.58. The molecule has 3 atom stereocenters. The van der Waals surface area contributed by atoms with Gasteiger partial charge in [0.15, 0.2) is 0 Å². The van der Waals surface area contributed by atoms with Crippen molar-refractivity contribution in [2.24, 2.45) is 16.7 Å². The number of hydrogen-bond donors (Lipinski definition) is 0. The van der Waals surface area contributed by atoms with Crippen LogP contribution < -0.4 is 0 Å². The van der Waals surface area contributed by atoms with Crippen LogP contribution in [0.2, 0.25) is 0 Å². The lowest BCUT2D eigenvalue weighted by Gasteiger charge is -2.39. The molecule has 0 unspecified atom stereocenters. The van der Waals surface area contributed by atoms with Crippen LogP contribution in [0.25, 0.3) is 0 Å². The third kappa shape index (κ3) is 1.41. The summed E-state index contributed by atoms with van der Waals surface area (Å²) in [5, 5.41) is 0. The normalized spacial score (nSPS) is 37.7. The molecule has 0 N–H and O–H groups in total. The van der Waals surface area contributed by atoms with E-state index in [1.807, 2.05) is 7.05 Å². The molecule has 0 radical (unpaired) electrons. The molecule has 2 bridgehead atoms. The molecule has 102 valence electrons. The van der Waals surface area contributed by atoms with Gasteiger partial charge in [0.25, 0.3) is 0 Å². The quantitative estimate of drug-likeness (QED) is 0.524. The zero-order valence-electron chi connectivity index (χ0n) is 12.1. The van der Waals surface area contributed by atoms with Crippen molar-refractivity contribution in [3.63, 3.8) is 0 Å². The van der Waals surface area contributed by atoms with Crippen LogP contribution in [0.15, 0.2) is 0 Å². The van der Waals surface area contributed by atoms with Crippen molar-refractivity contribution in [2.75, 3.05) is 14.2 Å². The van der Waals surface area contributed by atoms with Gasteiger partial charge in [-0.2, -0.15) is 0 Å². The van der Waals surface area contributed by atoms with Crippen molar-refractivity contribution < 1.29 is 14.3 Å². The molecule has 2 aliphatic rings. The Bertz CT molecular complexity index is 400. The molecule has 0 aliphatic carbocycles. The summed E-state index contributed by atoms with van der Waals surface area (Å²) in [6, 6.07) is 0.150. The first-order valence-electron chi connectivity index (χ1n) is 6.48. The van der Waals surface area contributed by atoms with E-state index in [-0.39, 0.29) is 34.7 Å². The number of piperidine rings is 1. The highest BCUT2D eigenvalue weighted by atomic mass is 16.5. The second-order valence-corrected chi connectivity index (χ2v) is 6.74. The lowest BCUT2D eigenvalue weighted by atomic mass is 9.64. The number of hydrogen-bond acceptors (Lipinski definition) is 4. The Balaban J connectivity index is 2.51. The van der Waals surface area contributed by atoms with E-state index in [1.165, 1.54) is 7.11 Å². The molecule has 2 heterocycles. The minimum atomic E-state index is -0.631. The summed E-state index contributed by atoms with van der Waals surface area (Å²) in [5.74, 6) is -0.984. The van der Waals surface area contributed by atoms with E-state index in [1.54, 1.807) is 0 Å². The van der Waals surface area contributed by atoms with Crippen molar-refractivity contribution in [2.45, 2.75) is 46.2 Å². The molecule has 0 saturated carbocycles. The van der Waals surface area contributed by atoms with Gasteiger partial charge in [0.1, 0.15) is 11.7 Å². The smallest absolute Gasteiger partial charge is 0.317 e. The number of ether oxygens (including phenoxy) is 1. The van der Waals surface area contributed by atoms with Crippen LogP contribution in [0.4, 0.5) is 0 Å². The van der Waals surface area contributed by atoms with Crippen molar-refractivity contribution >= 4 is 11.8 Å². The minimum absolute atomic E-state index is 0.00481. The van der Waals surface area contributed by atoms with Gasteiger partial charge in [0.05, 0.1) is 7.11 Å². The summed E-state index contributed by atoms with van der Waals surface area (Å²) < 4.78 is 4.83. The summed E-state index contributed by atoms with van der Waals surface area (Å²) >= 11 is 0. The molecule has 0 aromatic carbocycles. The van der Waals surface area contributed by atoms with Gasteiger partial charge in [-0.3, -0.25) is 14.5 Å². The molecule has 0 aromatic rings. The third-order valence-electron chi connectivity index (χ3n) is 5.68. The third-order valence-corrected chi connectivity index (χ3v) is 5.68. The number of ketones is 1. The fraction of sp³-hybridized carbons (Fsp3) is 0.857. The van der Waals surface area contributed by atoms with E-state index in [0.29, 0.717) is 6.42 Å². The molecule has 0 spiro atoms. The molecule has 2 rings (SSSR count). The number of methoxy groups -OCH3 is 1. The Kier molecular flexibility index (Phi) is 2.85. The number of esters is 1. The van der Waals surface area contributed by atoms with Crippen LogP contribution in [0.3, 0.4) is 0 Å². The number of nitrogens with zero attached hydrogens (tertiary/aromatic N) is 1.